The van der Waals surface area contributed by atoms with Crippen LogP contribution in [0.2, 0.25) is 5.02 Å². The van der Waals surface area contributed by atoms with Gasteiger partial charge in [0.05, 0.1) is 15.9 Å². The minimum atomic E-state index is -0.181. The number of hydrogen-bond donors (Lipinski definition) is 0. The van der Waals surface area contributed by atoms with E-state index in [1.165, 1.54) is 6.20 Å². The highest BCUT2D eigenvalue weighted by atomic mass is 35.5. The van der Waals surface area contributed by atoms with Crippen LogP contribution in [0.25, 0.3) is 39.4 Å². The summed E-state index contributed by atoms with van der Waals surface area (Å²) >= 11 is 6.05. The Kier molecular flexibility index (Phi) is 5.64. The molecule has 0 unspecified atom stereocenters. The van der Waals surface area contributed by atoms with E-state index in [9.17, 15) is 4.79 Å². The minimum Gasteiger partial charge on any atom is -0.343 e. The van der Waals surface area contributed by atoms with Gasteiger partial charge in [-0.2, -0.15) is 0 Å². The van der Waals surface area contributed by atoms with Gasteiger partial charge in [0.25, 0.3) is 5.56 Å². The van der Waals surface area contributed by atoms with Crippen molar-refractivity contribution in [3.05, 3.63) is 131 Å². The largest absolute Gasteiger partial charge is 0.343 e. The lowest BCUT2D eigenvalue weighted by molar-refractivity contribution is 0.810. The van der Waals surface area contributed by atoms with E-state index in [0.717, 1.165) is 28.9 Å². The maximum absolute atomic E-state index is 13.5. The fraction of sp³-hybridized carbons (Fsp3) is 0.0345. The number of fused-ring (bicyclic) bond motifs is 1. The van der Waals surface area contributed by atoms with Gasteiger partial charge < -0.3 is 4.57 Å². The number of rotatable bonds is 5. The highest BCUT2D eigenvalue weighted by Gasteiger charge is 2.16. The molecule has 174 valence electrons. The first-order valence-corrected chi connectivity index (χ1v) is 11.8. The van der Waals surface area contributed by atoms with Gasteiger partial charge in [0.2, 0.25) is 0 Å². The second-order valence-corrected chi connectivity index (χ2v) is 8.82. The number of benzene rings is 2. The summed E-state index contributed by atoms with van der Waals surface area (Å²) in [4.78, 5) is 27.0. The summed E-state index contributed by atoms with van der Waals surface area (Å²) in [5, 5.41) is 1.03. The summed E-state index contributed by atoms with van der Waals surface area (Å²) in [6.07, 6.45) is 7.24. The van der Waals surface area contributed by atoms with Gasteiger partial charge in [-0.25, -0.2) is 14.5 Å². The second-order valence-electron chi connectivity index (χ2n) is 8.39. The van der Waals surface area contributed by atoms with Crippen LogP contribution in [0.1, 0.15) is 5.56 Å². The average molecular weight is 490 g/mol. The first-order valence-electron chi connectivity index (χ1n) is 11.5. The summed E-state index contributed by atoms with van der Waals surface area (Å²) in [5.74, 6) is 0.984. The minimum absolute atomic E-state index is 0.181. The number of hydrogen-bond acceptors (Lipinski definition) is 4. The van der Waals surface area contributed by atoms with Crippen LogP contribution in [0, 0.1) is 0 Å². The van der Waals surface area contributed by atoms with E-state index in [4.69, 9.17) is 16.6 Å². The molecular weight excluding hydrogens is 470 g/mol. The molecule has 36 heavy (non-hydrogen) atoms. The molecule has 0 radical (unpaired) electrons. The van der Waals surface area contributed by atoms with Gasteiger partial charge in [0.1, 0.15) is 11.6 Å². The zero-order valence-corrected chi connectivity index (χ0v) is 19.9. The highest BCUT2D eigenvalue weighted by molar-refractivity contribution is 6.30. The molecule has 7 heteroatoms. The van der Waals surface area contributed by atoms with E-state index in [-0.39, 0.29) is 5.56 Å². The lowest BCUT2D eigenvalue weighted by atomic mass is 10.1. The molecule has 0 aliphatic rings. The Bertz CT molecular complexity index is 1720. The van der Waals surface area contributed by atoms with Gasteiger partial charge >= 0.3 is 0 Å². The molecule has 0 saturated heterocycles. The predicted molar refractivity (Wildman–Crippen MR) is 142 cm³/mol. The Morgan fingerprint density at radius 1 is 0.806 bits per heavy atom. The Balaban J connectivity index is 1.44. The molecule has 0 spiro atoms. The Morgan fingerprint density at radius 2 is 1.64 bits per heavy atom. The van der Waals surface area contributed by atoms with Gasteiger partial charge in [-0.3, -0.25) is 9.78 Å². The smallest absolute Gasteiger partial charge is 0.267 e. The normalized spacial score (nSPS) is 11.1. The molecule has 0 aliphatic carbocycles. The van der Waals surface area contributed by atoms with Crippen molar-refractivity contribution in [2.24, 2.45) is 0 Å². The summed E-state index contributed by atoms with van der Waals surface area (Å²) in [5.41, 5.74) is 4.55. The van der Waals surface area contributed by atoms with E-state index in [2.05, 4.69) is 32.9 Å². The third kappa shape index (κ3) is 4.08. The number of halogens is 1. The van der Waals surface area contributed by atoms with Crippen molar-refractivity contribution in [1.82, 2.24) is 24.1 Å². The molecule has 0 aliphatic heterocycles. The maximum atomic E-state index is 13.5. The van der Waals surface area contributed by atoms with Crippen molar-refractivity contribution in [2.45, 2.75) is 6.54 Å². The van der Waals surface area contributed by atoms with Crippen molar-refractivity contribution >= 4 is 22.5 Å². The van der Waals surface area contributed by atoms with Crippen LogP contribution < -0.4 is 5.56 Å². The first-order chi connectivity index (χ1) is 17.7. The molecular formula is C29H20ClN5O. The van der Waals surface area contributed by atoms with Crippen LogP contribution in [0.4, 0.5) is 0 Å². The van der Waals surface area contributed by atoms with Crippen molar-refractivity contribution in [3.63, 3.8) is 0 Å². The van der Waals surface area contributed by atoms with Gasteiger partial charge in [-0.15, -0.1) is 0 Å². The Morgan fingerprint density at radius 3 is 2.42 bits per heavy atom. The maximum Gasteiger partial charge on any atom is 0.267 e. The lowest BCUT2D eigenvalue weighted by Crippen LogP contribution is -2.22. The third-order valence-corrected chi connectivity index (χ3v) is 6.28. The molecule has 0 amide bonds. The van der Waals surface area contributed by atoms with Crippen LogP contribution in [0.15, 0.2) is 115 Å². The molecule has 0 bridgehead atoms. The fourth-order valence-electron chi connectivity index (χ4n) is 4.33. The number of para-hydroxylation sites is 1. The molecule has 0 atom stereocenters. The SMILES string of the molecule is O=c1c2ccccc2nc(-c2ccc(-c3cccn3Cc3cccnc3)cc2)n1-c1ccc(Cl)cn1. The molecule has 4 heterocycles. The number of aromatic nitrogens is 5. The topological polar surface area (TPSA) is 65.6 Å². The molecule has 0 saturated carbocycles. The van der Waals surface area contributed by atoms with Crippen LogP contribution >= 0.6 is 11.6 Å². The zero-order valence-electron chi connectivity index (χ0n) is 19.1. The van der Waals surface area contributed by atoms with E-state index in [1.54, 1.807) is 29.0 Å². The van der Waals surface area contributed by atoms with E-state index >= 15 is 0 Å². The average Bonchev–Trinajstić information content (AvgIpc) is 3.38. The van der Waals surface area contributed by atoms with E-state index < -0.39 is 0 Å². The quantitative estimate of drug-likeness (QED) is 0.297. The van der Waals surface area contributed by atoms with Gasteiger partial charge in [-0.1, -0.05) is 54.1 Å². The van der Waals surface area contributed by atoms with Crippen molar-refractivity contribution in [1.29, 1.82) is 0 Å². The Hall–Kier alpha value is -4.55. The van der Waals surface area contributed by atoms with Crippen LogP contribution in [0.5, 0.6) is 0 Å². The monoisotopic (exact) mass is 489 g/mol. The number of nitrogens with zero attached hydrogens (tertiary/aromatic N) is 5. The predicted octanol–water partition coefficient (Wildman–Crippen LogP) is 6.01. The van der Waals surface area contributed by atoms with Gasteiger partial charge in [-0.05, 0) is 53.6 Å². The van der Waals surface area contributed by atoms with Crippen molar-refractivity contribution < 1.29 is 0 Å². The van der Waals surface area contributed by atoms with Gasteiger partial charge in [0.15, 0.2) is 0 Å². The summed E-state index contributed by atoms with van der Waals surface area (Å²) in [7, 11) is 0. The lowest BCUT2D eigenvalue weighted by Gasteiger charge is -2.14. The molecule has 2 aromatic carbocycles. The zero-order chi connectivity index (χ0) is 24.5. The fourth-order valence-corrected chi connectivity index (χ4v) is 4.44. The molecule has 6 nitrogen and oxygen atoms in total. The Labute approximate surface area is 212 Å². The molecule has 6 rings (SSSR count). The first kappa shape index (κ1) is 21.9. The van der Waals surface area contributed by atoms with E-state index in [0.29, 0.717) is 27.6 Å². The number of pyridine rings is 2. The van der Waals surface area contributed by atoms with Gasteiger partial charge in [0, 0.05) is 42.6 Å². The summed E-state index contributed by atoms with van der Waals surface area (Å²) < 4.78 is 3.73. The molecule has 0 N–H and O–H groups in total. The van der Waals surface area contributed by atoms with Crippen LogP contribution in [-0.2, 0) is 6.54 Å². The van der Waals surface area contributed by atoms with Crippen LogP contribution in [-0.4, -0.2) is 24.1 Å². The highest BCUT2D eigenvalue weighted by Crippen LogP contribution is 2.27. The second kappa shape index (κ2) is 9.24. The van der Waals surface area contributed by atoms with E-state index in [1.807, 2.05) is 60.8 Å². The summed E-state index contributed by atoms with van der Waals surface area (Å²) in [6.45, 7) is 0.728. The molecule has 4 aromatic heterocycles. The molecule has 6 aromatic rings. The van der Waals surface area contributed by atoms with Crippen molar-refractivity contribution in [2.75, 3.05) is 0 Å². The summed E-state index contributed by atoms with van der Waals surface area (Å²) in [6, 6.07) is 27.0. The third-order valence-electron chi connectivity index (χ3n) is 6.06. The molecule has 0 fully saturated rings. The standard InChI is InChI=1S/C29H20ClN5O/c30-23-13-14-27(32-18-23)35-28(33-25-7-2-1-6-24(25)29(35)36)22-11-9-21(10-12-22)26-8-4-16-34(26)19-20-5-3-15-31-17-20/h1-18H,19H2. The van der Waals surface area contributed by atoms with Crippen LogP contribution in [0.3, 0.4) is 0 Å². The van der Waals surface area contributed by atoms with Crippen molar-refractivity contribution in [3.8, 4) is 28.5 Å².